The summed E-state index contributed by atoms with van der Waals surface area (Å²) in [6.07, 6.45) is -0.719. The van der Waals surface area contributed by atoms with E-state index in [2.05, 4.69) is 10.3 Å². The van der Waals surface area contributed by atoms with Crippen LogP contribution in [0.4, 0.5) is 6.01 Å². The lowest BCUT2D eigenvalue weighted by molar-refractivity contribution is -0.00647. The molecule has 3 atom stereocenters. The molecule has 1 amide bonds. The minimum Gasteiger partial charge on any atom is -0.508 e. The third kappa shape index (κ3) is 7.03. The first-order chi connectivity index (χ1) is 14.1. The van der Waals surface area contributed by atoms with Gasteiger partial charge in [-0.2, -0.15) is 10.2 Å². The second-order valence-corrected chi connectivity index (χ2v) is 8.37. The largest absolute Gasteiger partial charge is 0.508 e. The number of sulfonamides is 1. The number of carbonyl (C=O) groups is 1. The van der Waals surface area contributed by atoms with Gasteiger partial charge in [0.15, 0.2) is 5.69 Å². The number of amides is 1. The van der Waals surface area contributed by atoms with Gasteiger partial charge in [-0.15, -0.1) is 0 Å². The zero-order chi connectivity index (χ0) is 22.3. The smallest absolute Gasteiger partial charge is 0.309 e. The van der Waals surface area contributed by atoms with Gasteiger partial charge in [-0.05, 0) is 30.5 Å². The van der Waals surface area contributed by atoms with Crippen LogP contribution in [-0.4, -0.2) is 59.1 Å². The number of phenolic OH excluding ortho intramolecular Hbond substituents is 1. The normalized spacial score (nSPS) is 14.3. The minimum atomic E-state index is -3.65. The number of aromatic hydroxyl groups is 1. The summed E-state index contributed by atoms with van der Waals surface area (Å²) < 4.78 is 29.3. The zero-order valence-electron chi connectivity index (χ0n) is 16.0. The molecule has 1 aromatic heterocycles. The first-order valence-electron chi connectivity index (χ1n) is 8.84. The van der Waals surface area contributed by atoms with Crippen molar-refractivity contribution in [2.24, 2.45) is 0 Å². The van der Waals surface area contributed by atoms with Crippen molar-refractivity contribution in [2.75, 3.05) is 11.0 Å². The fourth-order valence-electron chi connectivity index (χ4n) is 2.62. The number of nitrogens with one attached hydrogen (secondary N) is 2. The SMILES string of the molecule is CS(=O)(=O)Nc1nc(C(=O)NC(Cc2ccc(O)cc2)C(O)C(O)CCC#N)co1. The number of rotatable bonds is 10. The van der Waals surface area contributed by atoms with Crippen molar-refractivity contribution in [1.82, 2.24) is 10.3 Å². The Bertz CT molecular complexity index is 998. The van der Waals surface area contributed by atoms with E-state index in [0.717, 1.165) is 12.5 Å². The summed E-state index contributed by atoms with van der Waals surface area (Å²) in [5.41, 5.74) is 0.416. The van der Waals surface area contributed by atoms with Gasteiger partial charge in [-0.3, -0.25) is 4.79 Å². The number of anilines is 1. The summed E-state index contributed by atoms with van der Waals surface area (Å²) in [5.74, 6) is -0.724. The lowest BCUT2D eigenvalue weighted by atomic mass is 9.95. The number of aliphatic hydroxyl groups excluding tert-OH is 2. The Morgan fingerprint density at radius 3 is 2.57 bits per heavy atom. The van der Waals surface area contributed by atoms with Crippen molar-refractivity contribution >= 4 is 21.9 Å². The number of benzene rings is 1. The number of aliphatic hydroxyl groups is 2. The molecule has 12 heteroatoms. The highest BCUT2D eigenvalue weighted by atomic mass is 32.2. The number of phenols is 1. The van der Waals surface area contributed by atoms with Crippen molar-refractivity contribution in [3.05, 3.63) is 41.8 Å². The summed E-state index contributed by atoms with van der Waals surface area (Å²) in [6, 6.07) is 6.56. The average Bonchev–Trinajstić information content (AvgIpc) is 3.13. The van der Waals surface area contributed by atoms with Gasteiger partial charge < -0.3 is 25.1 Å². The fourth-order valence-corrected chi connectivity index (χ4v) is 3.03. The Morgan fingerprint density at radius 2 is 1.97 bits per heavy atom. The molecule has 3 unspecified atom stereocenters. The van der Waals surface area contributed by atoms with Gasteiger partial charge >= 0.3 is 6.01 Å². The molecule has 0 saturated carbocycles. The summed E-state index contributed by atoms with van der Waals surface area (Å²) >= 11 is 0. The van der Waals surface area contributed by atoms with Gasteiger partial charge in [-0.25, -0.2) is 13.1 Å². The molecule has 0 aliphatic rings. The van der Waals surface area contributed by atoms with E-state index in [4.69, 9.17) is 9.68 Å². The molecule has 0 radical (unpaired) electrons. The van der Waals surface area contributed by atoms with Gasteiger partial charge in [-0.1, -0.05) is 12.1 Å². The third-order valence-corrected chi connectivity index (χ3v) is 4.62. The maximum absolute atomic E-state index is 12.5. The number of nitrogens with zero attached hydrogens (tertiary/aromatic N) is 2. The summed E-state index contributed by atoms with van der Waals surface area (Å²) in [5, 5.41) is 41.3. The summed E-state index contributed by atoms with van der Waals surface area (Å²) in [6.45, 7) is 0. The van der Waals surface area contributed by atoms with E-state index in [1.54, 1.807) is 12.1 Å². The van der Waals surface area contributed by atoms with E-state index in [9.17, 15) is 28.5 Å². The van der Waals surface area contributed by atoms with Gasteiger partial charge in [0.1, 0.15) is 18.1 Å². The molecule has 0 saturated heterocycles. The maximum atomic E-state index is 12.5. The quantitative estimate of drug-likeness (QED) is 0.343. The van der Waals surface area contributed by atoms with Gasteiger partial charge in [0.25, 0.3) is 5.91 Å². The van der Waals surface area contributed by atoms with E-state index in [-0.39, 0.29) is 30.7 Å². The van der Waals surface area contributed by atoms with Crippen LogP contribution in [0.25, 0.3) is 0 Å². The van der Waals surface area contributed by atoms with E-state index in [1.165, 1.54) is 12.1 Å². The first-order valence-corrected chi connectivity index (χ1v) is 10.7. The van der Waals surface area contributed by atoms with Crippen LogP contribution in [0.15, 0.2) is 34.9 Å². The monoisotopic (exact) mass is 438 g/mol. The van der Waals surface area contributed by atoms with Crippen LogP contribution < -0.4 is 10.0 Å². The molecule has 162 valence electrons. The van der Waals surface area contributed by atoms with Crippen LogP contribution >= 0.6 is 0 Å². The maximum Gasteiger partial charge on any atom is 0.309 e. The Morgan fingerprint density at radius 1 is 1.30 bits per heavy atom. The van der Waals surface area contributed by atoms with Crippen molar-refractivity contribution in [2.45, 2.75) is 37.5 Å². The summed E-state index contributed by atoms with van der Waals surface area (Å²) in [7, 11) is -3.65. The molecule has 0 bridgehead atoms. The predicted octanol–water partition coefficient (Wildman–Crippen LogP) is 0.118. The number of hydrogen-bond donors (Lipinski definition) is 5. The highest BCUT2D eigenvalue weighted by Crippen LogP contribution is 2.16. The predicted molar refractivity (Wildman–Crippen MR) is 105 cm³/mol. The molecule has 0 aliphatic carbocycles. The lowest BCUT2D eigenvalue weighted by Crippen LogP contribution is -2.49. The van der Waals surface area contributed by atoms with Crippen LogP contribution in [0.2, 0.25) is 0 Å². The number of carbonyl (C=O) groups excluding carboxylic acids is 1. The molecular weight excluding hydrogens is 416 g/mol. The van der Waals surface area contributed by atoms with Crippen molar-refractivity contribution in [3.63, 3.8) is 0 Å². The number of nitriles is 1. The van der Waals surface area contributed by atoms with Crippen molar-refractivity contribution < 1.29 is 32.9 Å². The van der Waals surface area contributed by atoms with E-state index >= 15 is 0 Å². The highest BCUT2D eigenvalue weighted by molar-refractivity contribution is 7.91. The number of hydrogen-bond acceptors (Lipinski definition) is 9. The minimum absolute atomic E-state index is 0.00596. The number of aromatic nitrogens is 1. The third-order valence-electron chi connectivity index (χ3n) is 4.08. The second kappa shape index (κ2) is 10.1. The Balaban J connectivity index is 2.17. The molecule has 1 heterocycles. The molecule has 0 fully saturated rings. The zero-order valence-corrected chi connectivity index (χ0v) is 16.8. The standard InChI is InChI=1S/C18H22N4O7S/c1-30(27,28)22-18-21-14(10-29-18)17(26)20-13(16(25)15(24)3-2-8-19)9-11-4-6-12(23)7-5-11/h4-7,10,13,15-16,23-25H,2-3,9H2,1H3,(H,20,26)(H,21,22). The molecule has 2 rings (SSSR count). The van der Waals surface area contributed by atoms with Crippen LogP contribution in [0.3, 0.4) is 0 Å². The van der Waals surface area contributed by atoms with Gasteiger partial charge in [0, 0.05) is 6.42 Å². The molecule has 5 N–H and O–H groups in total. The molecule has 1 aromatic carbocycles. The van der Waals surface area contributed by atoms with Crippen molar-refractivity contribution in [1.29, 1.82) is 5.26 Å². The molecule has 2 aromatic rings. The van der Waals surface area contributed by atoms with Gasteiger partial charge in [0.2, 0.25) is 10.0 Å². The number of oxazole rings is 1. The molecule has 30 heavy (non-hydrogen) atoms. The Hall–Kier alpha value is -3.14. The van der Waals surface area contributed by atoms with Crippen LogP contribution in [-0.2, 0) is 16.4 Å². The highest BCUT2D eigenvalue weighted by Gasteiger charge is 2.29. The Kier molecular flexibility index (Phi) is 7.76. The van der Waals surface area contributed by atoms with Crippen molar-refractivity contribution in [3.8, 4) is 11.8 Å². The Labute approximate surface area is 173 Å². The molecule has 0 aliphatic heterocycles. The summed E-state index contributed by atoms with van der Waals surface area (Å²) in [4.78, 5) is 16.3. The fraction of sp³-hybridized carbons (Fsp3) is 0.389. The topological polar surface area (TPSA) is 186 Å². The molecular formula is C18H22N4O7S. The van der Waals surface area contributed by atoms with Crippen LogP contribution in [0.5, 0.6) is 5.75 Å². The second-order valence-electron chi connectivity index (χ2n) is 6.62. The average molecular weight is 438 g/mol. The molecule has 0 spiro atoms. The van der Waals surface area contributed by atoms with E-state index in [1.807, 2.05) is 10.8 Å². The lowest BCUT2D eigenvalue weighted by Gasteiger charge is -2.27. The van der Waals surface area contributed by atoms with Crippen LogP contribution in [0.1, 0.15) is 28.9 Å². The van der Waals surface area contributed by atoms with Crippen LogP contribution in [0, 0.1) is 11.3 Å². The van der Waals surface area contributed by atoms with Gasteiger partial charge in [0.05, 0.1) is 24.5 Å². The molecule has 11 nitrogen and oxygen atoms in total. The first kappa shape index (κ1) is 23.1. The van der Waals surface area contributed by atoms with E-state index in [0.29, 0.717) is 5.56 Å². The van der Waals surface area contributed by atoms with E-state index < -0.39 is 40.2 Å².